The van der Waals surface area contributed by atoms with Crippen LogP contribution in [0, 0.1) is 11.3 Å². The molecule has 4 heteroatoms. The molecule has 0 bridgehead atoms. The SMILES string of the molecule is C[C@H](/C=C(/N1CCOCC1)C(C)(C)C)CC(=O)OC(C)(C)C. The summed E-state index contributed by atoms with van der Waals surface area (Å²) in [6.07, 6.45) is 2.65. The molecular formula is C18H33NO3. The molecule has 0 unspecified atom stereocenters. The van der Waals surface area contributed by atoms with Crippen LogP contribution in [0.5, 0.6) is 0 Å². The van der Waals surface area contributed by atoms with E-state index in [1.807, 2.05) is 20.8 Å². The van der Waals surface area contributed by atoms with Crippen molar-refractivity contribution in [1.82, 2.24) is 4.90 Å². The van der Waals surface area contributed by atoms with Crippen molar-refractivity contribution in [3.8, 4) is 0 Å². The first-order chi connectivity index (χ1) is 9.99. The van der Waals surface area contributed by atoms with Gasteiger partial charge in [0.25, 0.3) is 0 Å². The smallest absolute Gasteiger partial charge is 0.306 e. The molecule has 1 fully saturated rings. The van der Waals surface area contributed by atoms with E-state index in [4.69, 9.17) is 9.47 Å². The number of hydrogen-bond donors (Lipinski definition) is 0. The van der Waals surface area contributed by atoms with Gasteiger partial charge in [-0.1, -0.05) is 33.8 Å². The summed E-state index contributed by atoms with van der Waals surface area (Å²) in [4.78, 5) is 14.4. The molecule has 0 N–H and O–H groups in total. The minimum atomic E-state index is -0.419. The van der Waals surface area contributed by atoms with Gasteiger partial charge >= 0.3 is 5.97 Å². The van der Waals surface area contributed by atoms with Crippen molar-refractivity contribution in [3.63, 3.8) is 0 Å². The Balaban J connectivity index is 2.76. The van der Waals surface area contributed by atoms with Gasteiger partial charge in [-0.05, 0) is 26.7 Å². The van der Waals surface area contributed by atoms with E-state index in [0.29, 0.717) is 6.42 Å². The highest BCUT2D eigenvalue weighted by molar-refractivity contribution is 5.70. The summed E-state index contributed by atoms with van der Waals surface area (Å²) in [5.74, 6) is 0.0263. The molecule has 0 radical (unpaired) electrons. The molecule has 1 saturated heterocycles. The van der Waals surface area contributed by atoms with Crippen molar-refractivity contribution in [2.45, 2.75) is 60.5 Å². The number of carbonyl (C=O) groups is 1. The van der Waals surface area contributed by atoms with Gasteiger partial charge in [0.2, 0.25) is 0 Å². The minimum absolute atomic E-state index is 0.0551. The van der Waals surface area contributed by atoms with E-state index < -0.39 is 5.60 Å². The third kappa shape index (κ3) is 6.82. The fourth-order valence-corrected chi connectivity index (χ4v) is 2.61. The molecule has 0 spiro atoms. The zero-order valence-electron chi connectivity index (χ0n) is 15.4. The summed E-state index contributed by atoms with van der Waals surface area (Å²) in [6, 6.07) is 0. The lowest BCUT2D eigenvalue weighted by Gasteiger charge is -2.38. The Morgan fingerprint density at radius 3 is 2.18 bits per heavy atom. The Hall–Kier alpha value is -1.03. The molecule has 0 amide bonds. The second kappa shape index (κ2) is 7.49. The van der Waals surface area contributed by atoms with E-state index in [-0.39, 0.29) is 17.3 Å². The fraction of sp³-hybridized carbons (Fsp3) is 0.833. The standard InChI is InChI=1S/C18H33NO3/c1-14(13-16(20)22-18(5,6)7)12-15(17(2,3)4)19-8-10-21-11-9-19/h12,14H,8-11,13H2,1-7H3/b15-12+/t14-/m1/s1. The summed E-state index contributed by atoms with van der Waals surface area (Å²) < 4.78 is 10.9. The molecule has 1 aliphatic rings. The average Bonchev–Trinajstić information content (AvgIpc) is 2.33. The van der Waals surface area contributed by atoms with Gasteiger partial charge in [0.05, 0.1) is 19.6 Å². The predicted molar refractivity (Wildman–Crippen MR) is 89.6 cm³/mol. The van der Waals surface area contributed by atoms with Crippen molar-refractivity contribution in [3.05, 3.63) is 11.8 Å². The number of hydrogen-bond acceptors (Lipinski definition) is 4. The number of carbonyl (C=O) groups excluding carboxylic acids is 1. The van der Waals surface area contributed by atoms with Gasteiger partial charge in [-0.2, -0.15) is 0 Å². The summed E-state index contributed by atoms with van der Waals surface area (Å²) in [6.45, 7) is 17.8. The summed E-state index contributed by atoms with van der Waals surface area (Å²) in [7, 11) is 0. The second-order valence-electron chi connectivity index (χ2n) is 8.17. The Labute approximate surface area is 135 Å². The highest BCUT2D eigenvalue weighted by Gasteiger charge is 2.26. The third-order valence-corrected chi connectivity index (χ3v) is 3.47. The van der Waals surface area contributed by atoms with Crippen molar-refractivity contribution < 1.29 is 14.3 Å². The average molecular weight is 311 g/mol. The van der Waals surface area contributed by atoms with Gasteiger partial charge in [0.1, 0.15) is 5.60 Å². The molecule has 1 atom stereocenters. The molecule has 0 aromatic carbocycles. The van der Waals surface area contributed by atoms with Crippen LogP contribution in [0.15, 0.2) is 11.8 Å². The number of esters is 1. The summed E-state index contributed by atoms with van der Waals surface area (Å²) in [5, 5.41) is 0. The van der Waals surface area contributed by atoms with Crippen LogP contribution in [-0.4, -0.2) is 42.8 Å². The van der Waals surface area contributed by atoms with Crippen LogP contribution in [0.3, 0.4) is 0 Å². The fourth-order valence-electron chi connectivity index (χ4n) is 2.61. The monoisotopic (exact) mass is 311 g/mol. The zero-order chi connectivity index (χ0) is 17.0. The van der Waals surface area contributed by atoms with Gasteiger partial charge in [0, 0.05) is 24.2 Å². The number of ether oxygens (including phenoxy) is 2. The number of nitrogens with zero attached hydrogens (tertiary/aromatic N) is 1. The maximum Gasteiger partial charge on any atom is 0.306 e. The van der Waals surface area contributed by atoms with Crippen LogP contribution < -0.4 is 0 Å². The summed E-state index contributed by atoms with van der Waals surface area (Å²) in [5.41, 5.74) is 0.934. The van der Waals surface area contributed by atoms with Crippen LogP contribution >= 0.6 is 0 Å². The molecule has 0 aliphatic carbocycles. The molecule has 0 saturated carbocycles. The van der Waals surface area contributed by atoms with Gasteiger partial charge in [0.15, 0.2) is 0 Å². The largest absolute Gasteiger partial charge is 0.460 e. The lowest BCUT2D eigenvalue weighted by atomic mass is 9.88. The van der Waals surface area contributed by atoms with E-state index in [0.717, 1.165) is 26.3 Å². The summed E-state index contributed by atoms with van der Waals surface area (Å²) >= 11 is 0. The molecule has 128 valence electrons. The van der Waals surface area contributed by atoms with Crippen LogP contribution in [0.25, 0.3) is 0 Å². The van der Waals surface area contributed by atoms with Crippen LogP contribution in [0.1, 0.15) is 54.9 Å². The topological polar surface area (TPSA) is 38.8 Å². The van der Waals surface area contributed by atoms with Crippen molar-refractivity contribution >= 4 is 5.97 Å². The Morgan fingerprint density at radius 2 is 1.73 bits per heavy atom. The van der Waals surface area contributed by atoms with Crippen molar-refractivity contribution in [2.24, 2.45) is 11.3 Å². The lowest BCUT2D eigenvalue weighted by molar-refractivity contribution is -0.155. The maximum atomic E-state index is 12.0. The molecule has 4 nitrogen and oxygen atoms in total. The van der Waals surface area contributed by atoms with Crippen molar-refractivity contribution in [1.29, 1.82) is 0 Å². The third-order valence-electron chi connectivity index (χ3n) is 3.47. The highest BCUT2D eigenvalue weighted by atomic mass is 16.6. The van der Waals surface area contributed by atoms with Crippen molar-refractivity contribution in [2.75, 3.05) is 26.3 Å². The molecule has 1 heterocycles. The maximum absolute atomic E-state index is 12.0. The van der Waals surface area contributed by atoms with Gasteiger partial charge in [-0.15, -0.1) is 0 Å². The van der Waals surface area contributed by atoms with Gasteiger partial charge in [-0.25, -0.2) is 0 Å². The van der Waals surface area contributed by atoms with E-state index in [2.05, 4.69) is 38.7 Å². The Kier molecular flexibility index (Phi) is 6.48. The number of morpholine rings is 1. The van der Waals surface area contributed by atoms with Gasteiger partial charge < -0.3 is 14.4 Å². The molecule has 0 aromatic heterocycles. The molecular weight excluding hydrogens is 278 g/mol. The molecule has 1 aliphatic heterocycles. The van der Waals surface area contributed by atoms with E-state index in [9.17, 15) is 4.79 Å². The first kappa shape index (κ1) is 19.0. The lowest BCUT2D eigenvalue weighted by Crippen LogP contribution is -2.39. The first-order valence-electron chi connectivity index (χ1n) is 8.26. The predicted octanol–water partition coefficient (Wildman–Crippen LogP) is 3.62. The Morgan fingerprint density at radius 1 is 1.18 bits per heavy atom. The van der Waals surface area contributed by atoms with Crippen LogP contribution in [-0.2, 0) is 14.3 Å². The normalized spacial score (nSPS) is 19.0. The van der Waals surface area contributed by atoms with Crippen LogP contribution in [0.2, 0.25) is 0 Å². The van der Waals surface area contributed by atoms with E-state index in [1.54, 1.807) is 0 Å². The molecule has 1 rings (SSSR count). The van der Waals surface area contributed by atoms with Gasteiger partial charge in [-0.3, -0.25) is 4.79 Å². The van der Waals surface area contributed by atoms with Crippen LogP contribution in [0.4, 0.5) is 0 Å². The van der Waals surface area contributed by atoms with E-state index in [1.165, 1.54) is 5.70 Å². The minimum Gasteiger partial charge on any atom is -0.460 e. The molecule has 0 aromatic rings. The van der Waals surface area contributed by atoms with E-state index >= 15 is 0 Å². The number of allylic oxidation sites excluding steroid dienone is 2. The Bertz CT molecular complexity index is 396. The highest BCUT2D eigenvalue weighted by Crippen LogP contribution is 2.30. The quantitative estimate of drug-likeness (QED) is 0.743. The first-order valence-corrected chi connectivity index (χ1v) is 8.26. The number of rotatable bonds is 4. The zero-order valence-corrected chi connectivity index (χ0v) is 15.4. The second-order valence-corrected chi connectivity index (χ2v) is 8.17. The molecule has 22 heavy (non-hydrogen) atoms.